The third-order valence-corrected chi connectivity index (χ3v) is 4.28. The number of carbonyl (C=O) groups excluding carboxylic acids is 1. The van der Waals surface area contributed by atoms with Crippen molar-refractivity contribution in [3.8, 4) is 5.75 Å². The molecule has 1 aromatic carbocycles. The summed E-state index contributed by atoms with van der Waals surface area (Å²) in [6.07, 6.45) is 1.31. The minimum absolute atomic E-state index is 0.0882. The van der Waals surface area contributed by atoms with Crippen LogP contribution in [0.15, 0.2) is 24.3 Å². The predicted molar refractivity (Wildman–Crippen MR) is 92.9 cm³/mol. The Hall–Kier alpha value is -1.30. The molecular weight excluding hydrogens is 314 g/mol. The molecule has 1 saturated heterocycles. The lowest BCUT2D eigenvalue weighted by atomic mass is 10.1. The van der Waals surface area contributed by atoms with Crippen molar-refractivity contribution in [3.63, 3.8) is 0 Å². The SMILES string of the molecule is CC(N)CCC(=O)N1CCN(CCOc2ccc(Cl)cc2)CC1. The molecule has 0 radical (unpaired) electrons. The van der Waals surface area contributed by atoms with E-state index in [4.69, 9.17) is 22.1 Å². The van der Waals surface area contributed by atoms with Crippen LogP contribution >= 0.6 is 11.6 Å². The summed E-state index contributed by atoms with van der Waals surface area (Å²) in [5, 5.41) is 0.710. The molecule has 1 aliphatic heterocycles. The zero-order valence-electron chi connectivity index (χ0n) is 13.7. The van der Waals surface area contributed by atoms with Crippen LogP contribution in [0.2, 0.25) is 5.02 Å². The second kappa shape index (κ2) is 9.11. The Labute approximate surface area is 143 Å². The van der Waals surface area contributed by atoms with E-state index in [1.165, 1.54) is 0 Å². The number of piperazine rings is 1. The van der Waals surface area contributed by atoms with Gasteiger partial charge < -0.3 is 15.4 Å². The lowest BCUT2D eigenvalue weighted by Gasteiger charge is -2.34. The van der Waals surface area contributed by atoms with Gasteiger partial charge >= 0.3 is 0 Å². The normalized spacial score (nSPS) is 17.1. The van der Waals surface area contributed by atoms with Gasteiger partial charge in [-0.05, 0) is 37.6 Å². The standard InChI is InChI=1S/C17H26ClN3O2/c1-14(19)2-7-17(22)21-10-8-20(9-11-21)12-13-23-16-5-3-15(18)4-6-16/h3-6,14H,2,7-13,19H2,1H3. The summed E-state index contributed by atoms with van der Waals surface area (Å²) in [6, 6.07) is 7.48. The van der Waals surface area contributed by atoms with Crippen LogP contribution in [0.1, 0.15) is 19.8 Å². The molecule has 1 heterocycles. The zero-order chi connectivity index (χ0) is 16.7. The molecule has 0 bridgehead atoms. The number of amides is 1. The van der Waals surface area contributed by atoms with Gasteiger partial charge in [0.05, 0.1) is 0 Å². The van der Waals surface area contributed by atoms with Crippen molar-refractivity contribution in [2.75, 3.05) is 39.3 Å². The van der Waals surface area contributed by atoms with Crippen LogP contribution < -0.4 is 10.5 Å². The van der Waals surface area contributed by atoms with Gasteiger partial charge in [-0.2, -0.15) is 0 Å². The van der Waals surface area contributed by atoms with Gasteiger partial charge in [-0.1, -0.05) is 11.6 Å². The molecule has 1 fully saturated rings. The van der Waals surface area contributed by atoms with E-state index in [0.29, 0.717) is 18.1 Å². The van der Waals surface area contributed by atoms with E-state index in [9.17, 15) is 4.79 Å². The lowest BCUT2D eigenvalue weighted by molar-refractivity contribution is -0.133. The van der Waals surface area contributed by atoms with E-state index < -0.39 is 0 Å². The van der Waals surface area contributed by atoms with Crippen LogP contribution in [0, 0.1) is 0 Å². The summed E-state index contributed by atoms with van der Waals surface area (Å²) in [5.41, 5.74) is 5.70. The first-order valence-electron chi connectivity index (χ1n) is 8.18. The number of ether oxygens (including phenoxy) is 1. The van der Waals surface area contributed by atoms with E-state index >= 15 is 0 Å². The van der Waals surface area contributed by atoms with Crippen molar-refractivity contribution in [2.24, 2.45) is 5.73 Å². The number of rotatable bonds is 7. The summed E-state index contributed by atoms with van der Waals surface area (Å²) >= 11 is 5.84. The van der Waals surface area contributed by atoms with Crippen molar-refractivity contribution in [2.45, 2.75) is 25.8 Å². The highest BCUT2D eigenvalue weighted by atomic mass is 35.5. The maximum absolute atomic E-state index is 12.1. The molecule has 0 aliphatic carbocycles. The molecule has 0 spiro atoms. The fraction of sp³-hybridized carbons (Fsp3) is 0.588. The first-order chi connectivity index (χ1) is 11.0. The largest absolute Gasteiger partial charge is 0.492 e. The lowest BCUT2D eigenvalue weighted by Crippen LogP contribution is -2.49. The van der Waals surface area contributed by atoms with Gasteiger partial charge in [-0.15, -0.1) is 0 Å². The Morgan fingerprint density at radius 3 is 2.52 bits per heavy atom. The summed E-state index contributed by atoms with van der Waals surface area (Å²) in [7, 11) is 0. The average molecular weight is 340 g/mol. The van der Waals surface area contributed by atoms with Crippen LogP contribution in [0.5, 0.6) is 5.75 Å². The third-order valence-electron chi connectivity index (χ3n) is 4.03. The van der Waals surface area contributed by atoms with Crippen LogP contribution in [-0.2, 0) is 4.79 Å². The van der Waals surface area contributed by atoms with E-state index in [1.54, 1.807) is 0 Å². The molecule has 1 aliphatic rings. The van der Waals surface area contributed by atoms with Gasteiger partial charge in [0, 0.05) is 50.2 Å². The molecular formula is C17H26ClN3O2. The number of halogens is 1. The maximum atomic E-state index is 12.1. The molecule has 2 N–H and O–H groups in total. The highest BCUT2D eigenvalue weighted by molar-refractivity contribution is 6.30. The smallest absolute Gasteiger partial charge is 0.222 e. The molecule has 0 aromatic heterocycles. The van der Waals surface area contributed by atoms with Gasteiger partial charge in [0.15, 0.2) is 0 Å². The van der Waals surface area contributed by atoms with Crippen molar-refractivity contribution in [3.05, 3.63) is 29.3 Å². The molecule has 1 amide bonds. The van der Waals surface area contributed by atoms with Gasteiger partial charge in [-0.3, -0.25) is 9.69 Å². The highest BCUT2D eigenvalue weighted by Gasteiger charge is 2.20. The molecule has 2 rings (SSSR count). The summed E-state index contributed by atoms with van der Waals surface area (Å²) in [6.45, 7) is 6.82. The van der Waals surface area contributed by atoms with Gasteiger partial charge in [0.1, 0.15) is 12.4 Å². The molecule has 1 unspecified atom stereocenters. The molecule has 128 valence electrons. The average Bonchev–Trinajstić information content (AvgIpc) is 2.55. The van der Waals surface area contributed by atoms with Gasteiger partial charge in [0.25, 0.3) is 0 Å². The van der Waals surface area contributed by atoms with E-state index in [2.05, 4.69) is 4.90 Å². The number of nitrogens with zero attached hydrogens (tertiary/aromatic N) is 2. The Bertz CT molecular complexity index is 485. The molecule has 0 saturated carbocycles. The second-order valence-electron chi connectivity index (χ2n) is 6.04. The quantitative estimate of drug-likeness (QED) is 0.825. The Morgan fingerprint density at radius 2 is 1.91 bits per heavy atom. The van der Waals surface area contributed by atoms with Crippen molar-refractivity contribution in [1.82, 2.24) is 9.80 Å². The molecule has 5 nitrogen and oxygen atoms in total. The number of hydrogen-bond donors (Lipinski definition) is 1. The third kappa shape index (κ3) is 6.37. The van der Waals surface area contributed by atoms with Crippen LogP contribution in [0.3, 0.4) is 0 Å². The van der Waals surface area contributed by atoms with Crippen molar-refractivity contribution in [1.29, 1.82) is 0 Å². The minimum Gasteiger partial charge on any atom is -0.492 e. The van der Waals surface area contributed by atoms with Crippen molar-refractivity contribution >= 4 is 17.5 Å². The van der Waals surface area contributed by atoms with E-state index in [0.717, 1.165) is 44.9 Å². The van der Waals surface area contributed by atoms with Crippen LogP contribution in [-0.4, -0.2) is 61.1 Å². The Balaban J connectivity index is 1.62. The molecule has 1 atom stereocenters. The Morgan fingerprint density at radius 1 is 1.26 bits per heavy atom. The number of benzene rings is 1. The van der Waals surface area contributed by atoms with Gasteiger partial charge in [0.2, 0.25) is 5.91 Å². The van der Waals surface area contributed by atoms with Gasteiger partial charge in [-0.25, -0.2) is 0 Å². The summed E-state index contributed by atoms with van der Waals surface area (Å²) in [4.78, 5) is 16.3. The van der Waals surface area contributed by atoms with E-state index in [-0.39, 0.29) is 11.9 Å². The number of nitrogens with two attached hydrogens (primary N) is 1. The first-order valence-corrected chi connectivity index (χ1v) is 8.56. The van der Waals surface area contributed by atoms with E-state index in [1.807, 2.05) is 36.1 Å². The Kier molecular flexibility index (Phi) is 7.15. The van der Waals surface area contributed by atoms with Crippen LogP contribution in [0.4, 0.5) is 0 Å². The molecule has 23 heavy (non-hydrogen) atoms. The monoisotopic (exact) mass is 339 g/mol. The summed E-state index contributed by atoms with van der Waals surface area (Å²) in [5.74, 6) is 1.05. The van der Waals surface area contributed by atoms with Crippen molar-refractivity contribution < 1.29 is 9.53 Å². The maximum Gasteiger partial charge on any atom is 0.222 e. The molecule has 6 heteroatoms. The fourth-order valence-corrected chi connectivity index (χ4v) is 2.68. The number of carbonyl (C=O) groups is 1. The minimum atomic E-state index is 0.0882. The zero-order valence-corrected chi connectivity index (χ0v) is 14.5. The highest BCUT2D eigenvalue weighted by Crippen LogP contribution is 2.15. The van der Waals surface area contributed by atoms with Crippen LogP contribution in [0.25, 0.3) is 0 Å². The fourth-order valence-electron chi connectivity index (χ4n) is 2.55. The first kappa shape index (κ1) is 18.0. The summed E-state index contributed by atoms with van der Waals surface area (Å²) < 4.78 is 5.71. The second-order valence-corrected chi connectivity index (χ2v) is 6.48. The number of hydrogen-bond acceptors (Lipinski definition) is 4. The predicted octanol–water partition coefficient (Wildman–Crippen LogP) is 1.99. The molecule has 1 aromatic rings. The topological polar surface area (TPSA) is 58.8 Å².